The van der Waals surface area contributed by atoms with E-state index in [1.165, 1.54) is 11.1 Å². The topological polar surface area (TPSA) is 50.4 Å². The SMILES string of the molecule is Cc1ccc([C@@H](C)NCCNC(=O)OC(C)(C)C)cc1. The van der Waals surface area contributed by atoms with Crippen LogP contribution in [0.5, 0.6) is 0 Å². The highest BCUT2D eigenvalue weighted by Gasteiger charge is 2.15. The third-order valence-electron chi connectivity index (χ3n) is 2.82. The Bertz CT molecular complexity index is 421. The zero-order valence-electron chi connectivity index (χ0n) is 13.1. The minimum absolute atomic E-state index is 0.260. The lowest BCUT2D eigenvalue weighted by Gasteiger charge is -2.20. The molecule has 1 aromatic rings. The minimum Gasteiger partial charge on any atom is -0.444 e. The first-order chi connectivity index (χ1) is 9.28. The van der Waals surface area contributed by atoms with Crippen molar-refractivity contribution in [2.75, 3.05) is 13.1 Å². The van der Waals surface area contributed by atoms with E-state index in [2.05, 4.69) is 48.7 Å². The molecule has 0 fully saturated rings. The second-order valence-corrected chi connectivity index (χ2v) is 6.02. The highest BCUT2D eigenvalue weighted by atomic mass is 16.6. The molecule has 4 nitrogen and oxygen atoms in total. The van der Waals surface area contributed by atoms with Gasteiger partial charge in [-0.1, -0.05) is 29.8 Å². The summed E-state index contributed by atoms with van der Waals surface area (Å²) in [5.41, 5.74) is 2.05. The van der Waals surface area contributed by atoms with Gasteiger partial charge in [0, 0.05) is 19.1 Å². The lowest BCUT2D eigenvalue weighted by atomic mass is 10.1. The Morgan fingerprint density at radius 1 is 1.20 bits per heavy atom. The van der Waals surface area contributed by atoms with Crippen LogP contribution in [0.25, 0.3) is 0 Å². The molecular formula is C16H26N2O2. The van der Waals surface area contributed by atoms with Crippen molar-refractivity contribution >= 4 is 6.09 Å². The van der Waals surface area contributed by atoms with Crippen molar-refractivity contribution < 1.29 is 9.53 Å². The molecule has 0 saturated heterocycles. The van der Waals surface area contributed by atoms with Crippen molar-refractivity contribution in [3.8, 4) is 0 Å². The van der Waals surface area contributed by atoms with Crippen LogP contribution >= 0.6 is 0 Å². The van der Waals surface area contributed by atoms with E-state index in [0.29, 0.717) is 13.1 Å². The zero-order valence-corrected chi connectivity index (χ0v) is 13.1. The lowest BCUT2D eigenvalue weighted by Crippen LogP contribution is -2.36. The van der Waals surface area contributed by atoms with Crippen molar-refractivity contribution in [2.45, 2.75) is 46.3 Å². The molecule has 0 radical (unpaired) electrons. The van der Waals surface area contributed by atoms with E-state index in [9.17, 15) is 4.79 Å². The summed E-state index contributed by atoms with van der Waals surface area (Å²) in [5, 5.41) is 6.10. The summed E-state index contributed by atoms with van der Waals surface area (Å²) in [7, 11) is 0. The fourth-order valence-electron chi connectivity index (χ4n) is 1.74. The molecule has 20 heavy (non-hydrogen) atoms. The smallest absolute Gasteiger partial charge is 0.407 e. The van der Waals surface area contributed by atoms with Gasteiger partial charge in [-0.3, -0.25) is 0 Å². The molecule has 0 heterocycles. The van der Waals surface area contributed by atoms with Gasteiger partial charge in [0.25, 0.3) is 0 Å². The zero-order chi connectivity index (χ0) is 15.2. The van der Waals surface area contributed by atoms with Crippen LogP contribution in [0.3, 0.4) is 0 Å². The highest BCUT2D eigenvalue weighted by molar-refractivity contribution is 5.67. The van der Waals surface area contributed by atoms with Crippen molar-refractivity contribution in [1.82, 2.24) is 10.6 Å². The first kappa shape index (κ1) is 16.5. The molecule has 0 unspecified atom stereocenters. The monoisotopic (exact) mass is 278 g/mol. The minimum atomic E-state index is -0.452. The van der Waals surface area contributed by atoms with Crippen molar-refractivity contribution in [3.05, 3.63) is 35.4 Å². The standard InChI is InChI=1S/C16H26N2O2/c1-12-6-8-14(9-7-12)13(2)17-10-11-18-15(19)20-16(3,4)5/h6-9,13,17H,10-11H2,1-5H3,(H,18,19)/t13-/m1/s1. The van der Waals surface area contributed by atoms with Gasteiger partial charge in [-0.15, -0.1) is 0 Å². The number of ether oxygens (including phenoxy) is 1. The van der Waals surface area contributed by atoms with Crippen molar-refractivity contribution in [1.29, 1.82) is 0 Å². The van der Waals surface area contributed by atoms with E-state index in [4.69, 9.17) is 4.74 Å². The number of carbonyl (C=O) groups excluding carboxylic acids is 1. The molecule has 0 aliphatic heterocycles. The molecular weight excluding hydrogens is 252 g/mol. The van der Waals surface area contributed by atoms with Crippen LogP contribution in [0.15, 0.2) is 24.3 Å². The normalized spacial score (nSPS) is 12.8. The number of aryl methyl sites for hydroxylation is 1. The van der Waals surface area contributed by atoms with E-state index in [-0.39, 0.29) is 12.1 Å². The average molecular weight is 278 g/mol. The number of amides is 1. The Kier molecular flexibility index (Phi) is 6.02. The number of hydrogen-bond donors (Lipinski definition) is 2. The Labute approximate surface area is 121 Å². The summed E-state index contributed by atoms with van der Waals surface area (Å²) in [6, 6.07) is 8.71. The number of benzene rings is 1. The third-order valence-corrected chi connectivity index (χ3v) is 2.82. The summed E-state index contributed by atoms with van der Waals surface area (Å²) in [5.74, 6) is 0. The van der Waals surface area contributed by atoms with E-state index in [1.54, 1.807) is 0 Å². The van der Waals surface area contributed by atoms with Crippen molar-refractivity contribution in [3.63, 3.8) is 0 Å². The predicted molar refractivity (Wildman–Crippen MR) is 81.8 cm³/mol. The predicted octanol–water partition coefficient (Wildman–Crippen LogP) is 3.17. The molecule has 1 rings (SSSR count). The maximum absolute atomic E-state index is 11.4. The fraction of sp³-hybridized carbons (Fsp3) is 0.562. The Morgan fingerprint density at radius 2 is 1.80 bits per heavy atom. The van der Waals surface area contributed by atoms with Gasteiger partial charge in [-0.25, -0.2) is 4.79 Å². The molecule has 4 heteroatoms. The first-order valence-electron chi connectivity index (χ1n) is 7.05. The molecule has 0 aromatic heterocycles. The van der Waals surface area contributed by atoms with Crippen LogP contribution in [0.4, 0.5) is 4.79 Å². The second-order valence-electron chi connectivity index (χ2n) is 6.02. The highest BCUT2D eigenvalue weighted by Crippen LogP contribution is 2.12. The number of nitrogens with one attached hydrogen (secondary N) is 2. The molecule has 1 atom stereocenters. The number of rotatable bonds is 5. The van der Waals surface area contributed by atoms with Gasteiger partial charge in [-0.05, 0) is 40.2 Å². The van der Waals surface area contributed by atoms with E-state index in [0.717, 1.165) is 0 Å². The molecule has 0 spiro atoms. The van der Waals surface area contributed by atoms with Crippen LogP contribution < -0.4 is 10.6 Å². The summed E-state index contributed by atoms with van der Waals surface area (Å²) < 4.78 is 5.16. The van der Waals surface area contributed by atoms with Crippen LogP contribution in [0.2, 0.25) is 0 Å². The van der Waals surface area contributed by atoms with Crippen LogP contribution in [-0.4, -0.2) is 24.8 Å². The summed E-state index contributed by atoms with van der Waals surface area (Å²) in [6.07, 6.45) is -0.373. The lowest BCUT2D eigenvalue weighted by molar-refractivity contribution is 0.0528. The number of carbonyl (C=O) groups is 1. The van der Waals surface area contributed by atoms with Crippen LogP contribution in [0, 0.1) is 6.92 Å². The van der Waals surface area contributed by atoms with E-state index >= 15 is 0 Å². The molecule has 1 amide bonds. The first-order valence-corrected chi connectivity index (χ1v) is 7.05. The van der Waals surface area contributed by atoms with Gasteiger partial charge < -0.3 is 15.4 Å². The Morgan fingerprint density at radius 3 is 2.35 bits per heavy atom. The second kappa shape index (κ2) is 7.29. The average Bonchev–Trinajstić information content (AvgIpc) is 2.33. The van der Waals surface area contributed by atoms with Crippen molar-refractivity contribution in [2.24, 2.45) is 0 Å². The van der Waals surface area contributed by atoms with Crippen LogP contribution in [0.1, 0.15) is 44.9 Å². The molecule has 0 bridgehead atoms. The molecule has 1 aromatic carbocycles. The third kappa shape index (κ3) is 6.57. The number of alkyl carbamates (subject to hydrolysis) is 1. The van der Waals surface area contributed by atoms with Gasteiger partial charge in [0.2, 0.25) is 0 Å². The summed E-state index contributed by atoms with van der Waals surface area (Å²) in [4.78, 5) is 11.4. The Balaban J connectivity index is 2.24. The quantitative estimate of drug-likeness (QED) is 0.813. The maximum atomic E-state index is 11.4. The summed E-state index contributed by atoms with van der Waals surface area (Å²) >= 11 is 0. The maximum Gasteiger partial charge on any atom is 0.407 e. The number of hydrogen-bond acceptors (Lipinski definition) is 3. The molecule has 2 N–H and O–H groups in total. The molecule has 112 valence electrons. The van der Waals surface area contributed by atoms with Gasteiger partial charge in [0.15, 0.2) is 0 Å². The summed E-state index contributed by atoms with van der Waals surface area (Å²) in [6.45, 7) is 11.0. The van der Waals surface area contributed by atoms with Crippen LogP contribution in [-0.2, 0) is 4.74 Å². The van der Waals surface area contributed by atoms with Gasteiger partial charge in [0.1, 0.15) is 5.60 Å². The fourth-order valence-corrected chi connectivity index (χ4v) is 1.74. The molecule has 0 saturated carbocycles. The van der Waals surface area contributed by atoms with E-state index in [1.807, 2.05) is 20.8 Å². The molecule has 0 aliphatic rings. The molecule has 0 aliphatic carbocycles. The van der Waals surface area contributed by atoms with Gasteiger partial charge in [-0.2, -0.15) is 0 Å². The van der Waals surface area contributed by atoms with Gasteiger partial charge >= 0.3 is 6.09 Å². The Hall–Kier alpha value is -1.55. The largest absolute Gasteiger partial charge is 0.444 e. The van der Waals surface area contributed by atoms with E-state index < -0.39 is 5.60 Å². The van der Waals surface area contributed by atoms with Gasteiger partial charge in [0.05, 0.1) is 0 Å².